The average Bonchev–Trinajstić information content (AvgIpc) is 2.60. The first-order chi connectivity index (χ1) is 11.5. The summed E-state index contributed by atoms with van der Waals surface area (Å²) in [6.07, 6.45) is 0. The number of pyridine rings is 1. The molecule has 0 amide bonds. The lowest BCUT2D eigenvalue weighted by molar-refractivity contribution is 0.0598. The minimum absolute atomic E-state index is 0.000223. The van der Waals surface area contributed by atoms with E-state index in [0.717, 1.165) is 4.57 Å². The maximum absolute atomic E-state index is 13.0. The summed E-state index contributed by atoms with van der Waals surface area (Å²) in [4.78, 5) is 24.7. The number of rotatable bonds is 3. The summed E-state index contributed by atoms with van der Waals surface area (Å²) in [6, 6.07) is 12.0. The van der Waals surface area contributed by atoms with Crippen LogP contribution < -0.4 is 5.56 Å². The Labute approximate surface area is 136 Å². The summed E-state index contributed by atoms with van der Waals surface area (Å²) in [5.41, 5.74) is 0.0924. The summed E-state index contributed by atoms with van der Waals surface area (Å²) in [5, 5.41) is 11.1. The van der Waals surface area contributed by atoms with Crippen LogP contribution in [0.1, 0.15) is 15.9 Å². The quantitative estimate of drug-likeness (QED) is 0.751. The van der Waals surface area contributed by atoms with Crippen molar-refractivity contribution in [3.05, 3.63) is 75.8 Å². The molecular formula is C18H14FNO4. The molecule has 0 radical (unpaired) electrons. The van der Waals surface area contributed by atoms with Crippen molar-refractivity contribution in [2.75, 3.05) is 7.11 Å². The van der Waals surface area contributed by atoms with E-state index in [1.807, 2.05) is 0 Å². The largest absolute Gasteiger partial charge is 0.494 e. The van der Waals surface area contributed by atoms with Gasteiger partial charge in [0.1, 0.15) is 11.4 Å². The SMILES string of the molecule is COC(=O)c1c(O)n(Cc2ccc(F)cc2)c(=O)c2ccccc12. The number of hydrogen-bond acceptors (Lipinski definition) is 4. The van der Waals surface area contributed by atoms with Gasteiger partial charge in [0.15, 0.2) is 0 Å². The Morgan fingerprint density at radius 3 is 2.38 bits per heavy atom. The normalized spacial score (nSPS) is 10.8. The number of benzene rings is 2. The molecule has 122 valence electrons. The van der Waals surface area contributed by atoms with Crippen LogP contribution in [0.4, 0.5) is 4.39 Å². The first kappa shape index (κ1) is 15.7. The first-order valence-electron chi connectivity index (χ1n) is 7.20. The number of nitrogens with zero attached hydrogens (tertiary/aromatic N) is 1. The van der Waals surface area contributed by atoms with Gasteiger partial charge in [-0.25, -0.2) is 9.18 Å². The van der Waals surface area contributed by atoms with E-state index in [9.17, 15) is 19.1 Å². The predicted octanol–water partition coefficient (Wildman–Crippen LogP) is 2.68. The molecule has 3 rings (SSSR count). The monoisotopic (exact) mass is 327 g/mol. The molecule has 0 bridgehead atoms. The van der Waals surface area contributed by atoms with Crippen LogP contribution in [0.5, 0.6) is 5.88 Å². The predicted molar refractivity (Wildman–Crippen MR) is 86.7 cm³/mol. The number of methoxy groups -OCH3 is 1. The van der Waals surface area contributed by atoms with Crippen LogP contribution >= 0.6 is 0 Å². The zero-order valence-corrected chi connectivity index (χ0v) is 12.8. The second-order valence-electron chi connectivity index (χ2n) is 5.25. The number of aromatic nitrogens is 1. The summed E-state index contributed by atoms with van der Waals surface area (Å²) in [7, 11) is 1.20. The van der Waals surface area contributed by atoms with Crippen molar-refractivity contribution >= 4 is 16.7 Å². The van der Waals surface area contributed by atoms with Gasteiger partial charge in [-0.15, -0.1) is 0 Å². The molecule has 0 unspecified atom stereocenters. The number of halogens is 1. The zero-order valence-electron chi connectivity index (χ0n) is 12.8. The van der Waals surface area contributed by atoms with Crippen molar-refractivity contribution in [3.8, 4) is 5.88 Å². The Bertz CT molecular complexity index is 977. The molecule has 3 aromatic rings. The fraction of sp³-hybridized carbons (Fsp3) is 0.111. The molecule has 0 aliphatic heterocycles. The van der Waals surface area contributed by atoms with Gasteiger partial charge in [0.25, 0.3) is 5.56 Å². The Hall–Kier alpha value is -3.15. The van der Waals surface area contributed by atoms with Gasteiger partial charge in [-0.3, -0.25) is 9.36 Å². The highest BCUT2D eigenvalue weighted by Crippen LogP contribution is 2.26. The Morgan fingerprint density at radius 2 is 1.75 bits per heavy atom. The van der Waals surface area contributed by atoms with Crippen molar-refractivity contribution in [2.24, 2.45) is 0 Å². The molecule has 5 nitrogen and oxygen atoms in total. The fourth-order valence-corrected chi connectivity index (χ4v) is 2.61. The number of fused-ring (bicyclic) bond motifs is 1. The Morgan fingerprint density at radius 1 is 1.12 bits per heavy atom. The van der Waals surface area contributed by atoms with E-state index in [0.29, 0.717) is 10.9 Å². The Balaban J connectivity index is 2.26. The summed E-state index contributed by atoms with van der Waals surface area (Å²) >= 11 is 0. The van der Waals surface area contributed by atoms with Crippen LogP contribution in [0.25, 0.3) is 10.8 Å². The van der Waals surface area contributed by atoms with Crippen LogP contribution in [0.2, 0.25) is 0 Å². The van der Waals surface area contributed by atoms with Gasteiger partial charge in [0.05, 0.1) is 13.7 Å². The number of hydrogen-bond donors (Lipinski definition) is 1. The molecule has 1 heterocycles. The van der Waals surface area contributed by atoms with E-state index in [2.05, 4.69) is 0 Å². The number of carbonyl (C=O) groups excluding carboxylic acids is 1. The molecule has 6 heteroatoms. The fourth-order valence-electron chi connectivity index (χ4n) is 2.61. The van der Waals surface area contributed by atoms with E-state index < -0.39 is 23.2 Å². The molecule has 0 spiro atoms. The van der Waals surface area contributed by atoms with Crippen LogP contribution in [0.3, 0.4) is 0 Å². The van der Waals surface area contributed by atoms with Crippen LogP contribution in [-0.2, 0) is 11.3 Å². The minimum atomic E-state index is -0.739. The van der Waals surface area contributed by atoms with Crippen LogP contribution in [0.15, 0.2) is 53.3 Å². The van der Waals surface area contributed by atoms with Gasteiger partial charge in [-0.2, -0.15) is 0 Å². The van der Waals surface area contributed by atoms with Gasteiger partial charge < -0.3 is 9.84 Å². The van der Waals surface area contributed by atoms with Crippen LogP contribution in [-0.4, -0.2) is 22.8 Å². The molecule has 0 aliphatic rings. The molecule has 1 aromatic heterocycles. The molecule has 0 atom stereocenters. The lowest BCUT2D eigenvalue weighted by Crippen LogP contribution is -2.23. The van der Waals surface area contributed by atoms with E-state index >= 15 is 0 Å². The second-order valence-corrected chi connectivity index (χ2v) is 5.25. The molecule has 24 heavy (non-hydrogen) atoms. The van der Waals surface area contributed by atoms with Crippen molar-refractivity contribution < 1.29 is 19.0 Å². The van der Waals surface area contributed by atoms with Gasteiger partial charge in [-0.1, -0.05) is 30.3 Å². The van der Waals surface area contributed by atoms with Crippen molar-refractivity contribution in [2.45, 2.75) is 6.54 Å². The van der Waals surface area contributed by atoms with Gasteiger partial charge >= 0.3 is 5.97 Å². The van der Waals surface area contributed by atoms with Gasteiger partial charge in [0, 0.05) is 10.8 Å². The smallest absolute Gasteiger partial charge is 0.343 e. The van der Waals surface area contributed by atoms with Crippen molar-refractivity contribution in [1.82, 2.24) is 4.57 Å². The highest BCUT2D eigenvalue weighted by Gasteiger charge is 2.22. The Kier molecular flexibility index (Phi) is 4.04. The van der Waals surface area contributed by atoms with Crippen molar-refractivity contribution in [1.29, 1.82) is 0 Å². The number of ether oxygens (including phenoxy) is 1. The molecule has 0 fully saturated rings. The molecule has 0 saturated heterocycles. The summed E-state index contributed by atoms with van der Waals surface area (Å²) < 4.78 is 18.8. The summed E-state index contributed by atoms with van der Waals surface area (Å²) in [5.74, 6) is -1.62. The number of carbonyl (C=O) groups is 1. The molecule has 0 aliphatic carbocycles. The van der Waals surface area contributed by atoms with E-state index in [1.54, 1.807) is 24.3 Å². The lowest BCUT2D eigenvalue weighted by atomic mass is 10.1. The maximum Gasteiger partial charge on any atom is 0.343 e. The second kappa shape index (κ2) is 6.16. The van der Waals surface area contributed by atoms with E-state index in [-0.39, 0.29) is 17.5 Å². The van der Waals surface area contributed by atoms with Gasteiger partial charge in [0.2, 0.25) is 5.88 Å². The van der Waals surface area contributed by atoms with Crippen molar-refractivity contribution in [3.63, 3.8) is 0 Å². The van der Waals surface area contributed by atoms with Gasteiger partial charge in [-0.05, 0) is 23.8 Å². The molecular weight excluding hydrogens is 313 g/mol. The van der Waals surface area contributed by atoms with Crippen LogP contribution in [0, 0.1) is 5.82 Å². The molecule has 0 saturated carbocycles. The first-order valence-corrected chi connectivity index (χ1v) is 7.20. The highest BCUT2D eigenvalue weighted by atomic mass is 19.1. The third kappa shape index (κ3) is 2.62. The third-order valence-electron chi connectivity index (χ3n) is 3.79. The lowest BCUT2D eigenvalue weighted by Gasteiger charge is -2.14. The van der Waals surface area contributed by atoms with E-state index in [1.165, 1.54) is 31.4 Å². The zero-order chi connectivity index (χ0) is 17.3. The minimum Gasteiger partial charge on any atom is -0.494 e. The highest BCUT2D eigenvalue weighted by molar-refractivity contribution is 6.06. The number of aromatic hydroxyl groups is 1. The maximum atomic E-state index is 13.0. The average molecular weight is 327 g/mol. The van der Waals surface area contributed by atoms with E-state index in [4.69, 9.17) is 4.74 Å². The third-order valence-corrected chi connectivity index (χ3v) is 3.79. The molecule has 2 aromatic carbocycles. The summed E-state index contributed by atoms with van der Waals surface area (Å²) in [6.45, 7) is -0.000223. The number of esters is 1. The standard InChI is InChI=1S/C18H14FNO4/c1-24-18(23)15-13-4-2-3-5-14(13)16(21)20(17(15)22)10-11-6-8-12(19)9-7-11/h2-9,22H,10H2,1H3. The molecule has 1 N–H and O–H groups in total. The topological polar surface area (TPSA) is 68.5 Å².